The van der Waals surface area contributed by atoms with E-state index in [0.717, 1.165) is 0 Å². The largest absolute Gasteiger partial charge is 0.574 e. The van der Waals surface area contributed by atoms with E-state index in [1.165, 1.54) is 0 Å². The number of nitriles is 1. The highest BCUT2D eigenvalue weighted by molar-refractivity contribution is 5.44. The molecule has 0 fully saturated rings. The molecule has 0 atom stereocenters. The molecule has 0 aliphatic heterocycles. The van der Waals surface area contributed by atoms with Crippen LogP contribution in [-0.4, -0.2) is 16.5 Å². The normalized spacial score (nSPS) is 11.0. The molecule has 1 aromatic heterocycles. The van der Waals surface area contributed by atoms with E-state index in [1.54, 1.807) is 6.07 Å². The zero-order valence-corrected chi connectivity index (χ0v) is 8.25. The molecule has 1 heterocycles. The van der Waals surface area contributed by atoms with Gasteiger partial charge in [-0.1, -0.05) is 0 Å². The van der Waals surface area contributed by atoms with Gasteiger partial charge >= 0.3 is 6.36 Å². The molecule has 4 nitrogen and oxygen atoms in total. The number of hydrogen-bond acceptors (Lipinski definition) is 4. The number of alkyl halides is 4. The molecule has 0 spiro atoms. The number of aromatic hydroxyl groups is 1. The van der Waals surface area contributed by atoms with Crippen LogP contribution in [0.1, 0.15) is 11.1 Å². The third kappa shape index (κ3) is 3.21. The van der Waals surface area contributed by atoms with Crippen LogP contribution in [0, 0.1) is 11.3 Å². The van der Waals surface area contributed by atoms with Crippen molar-refractivity contribution in [3.05, 3.63) is 17.3 Å². The van der Waals surface area contributed by atoms with Crippen LogP contribution in [0.25, 0.3) is 0 Å². The average molecular weight is 250 g/mol. The Morgan fingerprint density at radius 3 is 2.53 bits per heavy atom. The Bertz CT molecular complexity index is 454. The number of aromatic nitrogens is 1. The quantitative estimate of drug-likeness (QED) is 0.835. The fourth-order valence-corrected chi connectivity index (χ4v) is 1.17. The number of nitrogens with zero attached hydrogens (tertiary/aromatic N) is 2. The lowest BCUT2D eigenvalue weighted by molar-refractivity contribution is -0.276. The molecule has 0 radical (unpaired) electrons. The van der Waals surface area contributed by atoms with E-state index in [1.807, 2.05) is 0 Å². The zero-order valence-electron chi connectivity index (χ0n) is 8.25. The van der Waals surface area contributed by atoms with Crippen LogP contribution in [0.3, 0.4) is 0 Å². The maximum absolute atomic E-state index is 12.5. The summed E-state index contributed by atoms with van der Waals surface area (Å²) < 4.78 is 52.1. The van der Waals surface area contributed by atoms with Crippen molar-refractivity contribution in [1.29, 1.82) is 5.26 Å². The van der Waals surface area contributed by atoms with E-state index in [-0.39, 0.29) is 0 Å². The van der Waals surface area contributed by atoms with Gasteiger partial charge in [0.25, 0.3) is 0 Å². The van der Waals surface area contributed by atoms with Crippen molar-refractivity contribution in [3.8, 4) is 17.7 Å². The van der Waals surface area contributed by atoms with Gasteiger partial charge < -0.3 is 9.84 Å². The predicted octanol–water partition coefficient (Wildman–Crippen LogP) is 2.22. The van der Waals surface area contributed by atoms with Gasteiger partial charge in [0.1, 0.15) is 12.4 Å². The minimum absolute atomic E-state index is 0.410. The number of hydrogen-bond donors (Lipinski definition) is 1. The van der Waals surface area contributed by atoms with Gasteiger partial charge in [-0.3, -0.25) is 0 Å². The van der Waals surface area contributed by atoms with Crippen molar-refractivity contribution in [2.24, 2.45) is 0 Å². The monoisotopic (exact) mass is 250 g/mol. The van der Waals surface area contributed by atoms with Crippen LogP contribution < -0.4 is 4.74 Å². The Labute approximate surface area is 93.1 Å². The summed E-state index contributed by atoms with van der Waals surface area (Å²) in [6.45, 7) is -1.22. The molecule has 0 aromatic carbocycles. The lowest BCUT2D eigenvalue weighted by Crippen LogP contribution is -2.19. The summed E-state index contributed by atoms with van der Waals surface area (Å²) in [5, 5.41) is 17.6. The van der Waals surface area contributed by atoms with Crippen molar-refractivity contribution in [2.45, 2.75) is 19.5 Å². The molecule has 0 saturated heterocycles. The minimum Gasteiger partial charge on any atom is -0.506 e. The van der Waals surface area contributed by atoms with E-state index in [2.05, 4.69) is 9.72 Å². The van der Waals surface area contributed by atoms with Crippen LogP contribution >= 0.6 is 0 Å². The Balaban J connectivity index is 3.26. The molecule has 1 aromatic rings. The third-order valence-corrected chi connectivity index (χ3v) is 1.84. The van der Waals surface area contributed by atoms with Crippen molar-refractivity contribution in [2.75, 3.05) is 0 Å². The van der Waals surface area contributed by atoms with Crippen LogP contribution in [0.2, 0.25) is 0 Å². The highest BCUT2D eigenvalue weighted by Gasteiger charge is 2.33. The summed E-state index contributed by atoms with van der Waals surface area (Å²) in [5.41, 5.74) is -0.840. The lowest BCUT2D eigenvalue weighted by Gasteiger charge is -2.13. The van der Waals surface area contributed by atoms with Gasteiger partial charge in [0.15, 0.2) is 0 Å². The van der Waals surface area contributed by atoms with Crippen LogP contribution in [0.4, 0.5) is 17.6 Å². The first kappa shape index (κ1) is 13.0. The maximum atomic E-state index is 12.5. The lowest BCUT2D eigenvalue weighted by atomic mass is 10.1. The van der Waals surface area contributed by atoms with Crippen molar-refractivity contribution < 1.29 is 27.4 Å². The summed E-state index contributed by atoms with van der Waals surface area (Å²) in [7, 11) is 0. The first-order valence-electron chi connectivity index (χ1n) is 4.27. The zero-order chi connectivity index (χ0) is 13.1. The number of rotatable bonds is 3. The van der Waals surface area contributed by atoms with Crippen LogP contribution in [0.15, 0.2) is 6.20 Å². The Morgan fingerprint density at radius 2 is 2.06 bits per heavy atom. The van der Waals surface area contributed by atoms with E-state index in [9.17, 15) is 22.7 Å². The molecule has 0 saturated carbocycles. The molecule has 1 N–H and O–H groups in total. The number of ether oxygens (including phenoxy) is 1. The molecule has 92 valence electrons. The summed E-state index contributed by atoms with van der Waals surface area (Å²) in [6, 6.07) is 1.55. The molecular formula is C9H6F4N2O2. The second-order valence-electron chi connectivity index (χ2n) is 2.92. The summed E-state index contributed by atoms with van der Waals surface area (Å²) in [5.74, 6) is -1.54. The molecule has 0 bridgehead atoms. The van der Waals surface area contributed by atoms with Gasteiger partial charge in [-0.05, 0) is 0 Å². The molecule has 0 aliphatic rings. The summed E-state index contributed by atoms with van der Waals surface area (Å²) in [4.78, 5) is 3.18. The van der Waals surface area contributed by atoms with E-state index in [0.29, 0.717) is 6.20 Å². The highest BCUT2D eigenvalue weighted by Crippen LogP contribution is 2.31. The predicted molar refractivity (Wildman–Crippen MR) is 46.7 cm³/mol. The fourth-order valence-electron chi connectivity index (χ4n) is 1.17. The standard InChI is InChI=1S/C9H6F4N2O2/c10-3-6-5(1-2-14)8(15-4-7(6)16)17-9(11,12)13/h4,16H,1,3H2. The summed E-state index contributed by atoms with van der Waals surface area (Å²) in [6.07, 6.45) is -4.91. The molecule has 0 unspecified atom stereocenters. The first-order chi connectivity index (χ1) is 7.89. The number of halogens is 4. The Kier molecular flexibility index (Phi) is 3.73. The van der Waals surface area contributed by atoms with Gasteiger partial charge in [0.2, 0.25) is 5.88 Å². The molecule has 8 heteroatoms. The maximum Gasteiger partial charge on any atom is 0.574 e. The van der Waals surface area contributed by atoms with Crippen molar-refractivity contribution in [1.82, 2.24) is 4.98 Å². The minimum atomic E-state index is -5.00. The van der Waals surface area contributed by atoms with Gasteiger partial charge in [-0.2, -0.15) is 5.26 Å². The second-order valence-corrected chi connectivity index (χ2v) is 2.92. The van der Waals surface area contributed by atoms with E-state index < -0.39 is 42.2 Å². The summed E-state index contributed by atoms with van der Waals surface area (Å²) >= 11 is 0. The van der Waals surface area contributed by atoms with Crippen molar-refractivity contribution in [3.63, 3.8) is 0 Å². The van der Waals surface area contributed by atoms with E-state index in [4.69, 9.17) is 5.26 Å². The SMILES string of the molecule is N#CCc1c(OC(F)(F)F)ncc(O)c1CF. The van der Waals surface area contributed by atoms with Crippen LogP contribution in [0.5, 0.6) is 11.6 Å². The number of pyridine rings is 1. The fraction of sp³-hybridized carbons (Fsp3) is 0.333. The van der Waals surface area contributed by atoms with Gasteiger partial charge in [0.05, 0.1) is 18.7 Å². The van der Waals surface area contributed by atoms with E-state index >= 15 is 0 Å². The Morgan fingerprint density at radius 1 is 1.41 bits per heavy atom. The Hall–Kier alpha value is -2.04. The molecule has 0 amide bonds. The van der Waals surface area contributed by atoms with Gasteiger partial charge in [0, 0.05) is 11.1 Å². The van der Waals surface area contributed by atoms with Crippen LogP contribution in [-0.2, 0) is 13.1 Å². The smallest absolute Gasteiger partial charge is 0.506 e. The molecular weight excluding hydrogens is 244 g/mol. The molecule has 1 rings (SSSR count). The highest BCUT2D eigenvalue weighted by atomic mass is 19.4. The van der Waals surface area contributed by atoms with Gasteiger partial charge in [-0.25, -0.2) is 9.37 Å². The van der Waals surface area contributed by atoms with Gasteiger partial charge in [-0.15, -0.1) is 13.2 Å². The topological polar surface area (TPSA) is 66.1 Å². The molecule has 17 heavy (non-hydrogen) atoms. The third-order valence-electron chi connectivity index (χ3n) is 1.84. The molecule has 0 aliphatic carbocycles. The first-order valence-corrected chi connectivity index (χ1v) is 4.27. The van der Waals surface area contributed by atoms with Crippen molar-refractivity contribution >= 4 is 0 Å². The average Bonchev–Trinajstić information content (AvgIpc) is 2.21. The second kappa shape index (κ2) is 4.86.